The normalized spacial score (nSPS) is 10.5. The summed E-state index contributed by atoms with van der Waals surface area (Å²) >= 11 is 13.7. The van der Waals surface area contributed by atoms with E-state index >= 15 is 0 Å². The third-order valence-electron chi connectivity index (χ3n) is 1.99. The molecule has 1 N–H and O–H groups in total. The van der Waals surface area contributed by atoms with Crippen LogP contribution in [0.15, 0.2) is 26.6 Å². The Morgan fingerprint density at radius 3 is 2.71 bits per heavy atom. The summed E-state index contributed by atoms with van der Waals surface area (Å²) in [5.41, 5.74) is 0.763. The van der Waals surface area contributed by atoms with E-state index in [4.69, 9.17) is 16.7 Å². The average molecular weight is 397 g/mol. The van der Waals surface area contributed by atoms with Gasteiger partial charge in [0, 0.05) is 4.47 Å². The van der Waals surface area contributed by atoms with Crippen molar-refractivity contribution in [2.75, 3.05) is 0 Å². The first-order valence-electron chi connectivity index (χ1n) is 4.34. The van der Waals surface area contributed by atoms with E-state index in [9.17, 15) is 4.79 Å². The van der Waals surface area contributed by atoms with Gasteiger partial charge in [0.1, 0.15) is 0 Å². The van der Waals surface area contributed by atoms with Crippen LogP contribution in [0.1, 0.15) is 10.5 Å². The Balaban J connectivity index is 2.59. The molecule has 0 amide bonds. The average Bonchev–Trinajstić information content (AvgIpc) is 2.64. The molecule has 0 aliphatic carbocycles. The highest BCUT2D eigenvalue weighted by molar-refractivity contribution is 9.11. The highest BCUT2D eigenvalue weighted by Gasteiger charge is 2.18. The number of rotatable bonds is 2. The Hall–Kier alpha value is -0.430. The molecule has 0 bridgehead atoms. The fourth-order valence-electron chi connectivity index (χ4n) is 1.27. The van der Waals surface area contributed by atoms with E-state index in [-0.39, 0.29) is 5.69 Å². The maximum atomic E-state index is 11.0. The first-order valence-corrected chi connectivity index (χ1v) is 7.12. The molecule has 2 rings (SSSR count). The summed E-state index contributed by atoms with van der Waals surface area (Å²) in [6.07, 6.45) is 0. The summed E-state index contributed by atoms with van der Waals surface area (Å²) in [7, 11) is 0. The molecule has 0 aliphatic heterocycles. The Kier molecular flexibility index (Phi) is 3.87. The van der Waals surface area contributed by atoms with E-state index in [2.05, 4.69) is 36.8 Å². The van der Waals surface area contributed by atoms with E-state index in [0.717, 1.165) is 10.0 Å². The minimum atomic E-state index is -1.05. The van der Waals surface area contributed by atoms with Gasteiger partial charge in [-0.3, -0.25) is 0 Å². The minimum absolute atomic E-state index is 0.0280. The lowest BCUT2D eigenvalue weighted by atomic mass is 10.1. The zero-order valence-corrected chi connectivity index (χ0v) is 12.8. The van der Waals surface area contributed by atoms with Gasteiger partial charge in [-0.05, 0) is 49.6 Å². The molecule has 0 atom stereocenters. The molecule has 3 nitrogen and oxygen atoms in total. The van der Waals surface area contributed by atoms with Crippen molar-refractivity contribution in [2.45, 2.75) is 0 Å². The molecule has 0 spiro atoms. The number of carbonyl (C=O) groups is 1. The summed E-state index contributed by atoms with van der Waals surface area (Å²) in [4.78, 5) is 15.5. The SMILES string of the molecule is O=C(O)c1nc(Br)sc1-c1ccc(Br)c(Cl)c1. The van der Waals surface area contributed by atoms with Crippen molar-refractivity contribution in [1.82, 2.24) is 4.98 Å². The monoisotopic (exact) mass is 395 g/mol. The van der Waals surface area contributed by atoms with Gasteiger partial charge in [-0.2, -0.15) is 0 Å². The number of aromatic carboxylic acids is 1. The molecule has 1 heterocycles. The van der Waals surface area contributed by atoms with Gasteiger partial charge >= 0.3 is 5.97 Å². The highest BCUT2D eigenvalue weighted by Crippen LogP contribution is 2.36. The Bertz CT molecular complexity index is 600. The van der Waals surface area contributed by atoms with Crippen LogP contribution in [0.5, 0.6) is 0 Å². The number of aromatic nitrogens is 1. The van der Waals surface area contributed by atoms with Gasteiger partial charge in [-0.25, -0.2) is 9.78 Å². The number of nitrogens with zero attached hydrogens (tertiary/aromatic N) is 1. The first-order chi connectivity index (χ1) is 7.99. The van der Waals surface area contributed by atoms with E-state index in [1.54, 1.807) is 18.2 Å². The van der Waals surface area contributed by atoms with Crippen molar-refractivity contribution in [3.05, 3.63) is 37.3 Å². The summed E-state index contributed by atoms with van der Waals surface area (Å²) in [5, 5.41) is 9.58. The third-order valence-corrected chi connectivity index (χ3v) is 4.77. The number of halogens is 3. The molecule has 1 aromatic heterocycles. The largest absolute Gasteiger partial charge is 0.476 e. The van der Waals surface area contributed by atoms with Crippen LogP contribution in [0.4, 0.5) is 0 Å². The molecule has 0 saturated heterocycles. The minimum Gasteiger partial charge on any atom is -0.476 e. The van der Waals surface area contributed by atoms with Crippen molar-refractivity contribution < 1.29 is 9.90 Å². The van der Waals surface area contributed by atoms with Crippen molar-refractivity contribution in [1.29, 1.82) is 0 Å². The van der Waals surface area contributed by atoms with Gasteiger partial charge in [-0.1, -0.05) is 17.7 Å². The van der Waals surface area contributed by atoms with Crippen LogP contribution in [0.2, 0.25) is 5.02 Å². The maximum Gasteiger partial charge on any atom is 0.356 e. The molecule has 17 heavy (non-hydrogen) atoms. The smallest absolute Gasteiger partial charge is 0.356 e. The molecular weight excluding hydrogens is 393 g/mol. The third kappa shape index (κ3) is 2.70. The van der Waals surface area contributed by atoms with Crippen molar-refractivity contribution in [2.24, 2.45) is 0 Å². The van der Waals surface area contributed by atoms with Crippen molar-refractivity contribution in [3.63, 3.8) is 0 Å². The zero-order chi connectivity index (χ0) is 12.6. The number of hydrogen-bond donors (Lipinski definition) is 1. The van der Waals surface area contributed by atoms with Crippen LogP contribution in [0.25, 0.3) is 10.4 Å². The zero-order valence-electron chi connectivity index (χ0n) is 8.08. The van der Waals surface area contributed by atoms with Crippen LogP contribution < -0.4 is 0 Å². The van der Waals surface area contributed by atoms with Gasteiger partial charge in [0.2, 0.25) is 0 Å². The van der Waals surface area contributed by atoms with Gasteiger partial charge in [0.05, 0.1) is 9.90 Å². The van der Waals surface area contributed by atoms with Crippen LogP contribution in [0.3, 0.4) is 0 Å². The molecule has 2 aromatic rings. The molecule has 1 aromatic carbocycles. The predicted octanol–water partition coefficient (Wildman–Crippen LogP) is 4.69. The maximum absolute atomic E-state index is 11.0. The molecule has 0 unspecified atom stereocenters. The molecule has 0 aliphatic rings. The second-order valence-corrected chi connectivity index (χ2v) is 6.62. The van der Waals surface area contributed by atoms with Crippen LogP contribution in [-0.4, -0.2) is 16.1 Å². The van der Waals surface area contributed by atoms with Crippen LogP contribution >= 0.6 is 54.8 Å². The van der Waals surface area contributed by atoms with E-state index in [1.165, 1.54) is 11.3 Å². The summed E-state index contributed by atoms with van der Waals surface area (Å²) in [6, 6.07) is 5.28. The number of carboxylic acids is 1. The van der Waals surface area contributed by atoms with E-state index in [0.29, 0.717) is 13.8 Å². The lowest BCUT2D eigenvalue weighted by Gasteiger charge is -2.01. The Morgan fingerprint density at radius 1 is 1.41 bits per heavy atom. The summed E-state index contributed by atoms with van der Waals surface area (Å²) in [5.74, 6) is -1.05. The Labute approximate surface area is 123 Å². The van der Waals surface area contributed by atoms with Gasteiger partial charge in [0.25, 0.3) is 0 Å². The molecule has 0 saturated carbocycles. The number of thiazole rings is 1. The Morgan fingerprint density at radius 2 is 2.12 bits per heavy atom. The highest BCUT2D eigenvalue weighted by atomic mass is 79.9. The fourth-order valence-corrected chi connectivity index (χ4v) is 3.14. The van der Waals surface area contributed by atoms with Crippen LogP contribution in [-0.2, 0) is 0 Å². The lowest BCUT2D eigenvalue weighted by molar-refractivity contribution is 0.0692. The second kappa shape index (κ2) is 5.06. The van der Waals surface area contributed by atoms with Gasteiger partial charge in [-0.15, -0.1) is 11.3 Å². The number of benzene rings is 1. The van der Waals surface area contributed by atoms with Crippen LogP contribution in [0, 0.1) is 0 Å². The topological polar surface area (TPSA) is 50.2 Å². The van der Waals surface area contributed by atoms with Gasteiger partial charge < -0.3 is 5.11 Å². The first kappa shape index (κ1) is 13.0. The quantitative estimate of drug-likeness (QED) is 0.800. The number of carboxylic acid groups (broad SMARTS) is 1. The van der Waals surface area contributed by atoms with E-state index in [1.807, 2.05) is 0 Å². The fraction of sp³-hybridized carbons (Fsp3) is 0. The lowest BCUT2D eigenvalue weighted by Crippen LogP contribution is -1.98. The standard InChI is InChI=1S/C10H4Br2ClNO2S/c11-5-2-1-4(3-6(5)13)8-7(9(15)16)14-10(12)17-8/h1-3H,(H,15,16). The number of hydrogen-bond acceptors (Lipinski definition) is 3. The van der Waals surface area contributed by atoms with Crippen molar-refractivity contribution >= 4 is 60.8 Å². The molecule has 0 radical (unpaired) electrons. The molecule has 0 fully saturated rings. The summed E-state index contributed by atoms with van der Waals surface area (Å²) in [6.45, 7) is 0. The van der Waals surface area contributed by atoms with E-state index < -0.39 is 5.97 Å². The summed E-state index contributed by atoms with van der Waals surface area (Å²) < 4.78 is 1.30. The second-order valence-electron chi connectivity index (χ2n) is 3.08. The molecule has 88 valence electrons. The van der Waals surface area contributed by atoms with Gasteiger partial charge in [0.15, 0.2) is 9.61 Å². The molecular formula is C10H4Br2ClNO2S. The molecule has 7 heteroatoms. The van der Waals surface area contributed by atoms with Crippen molar-refractivity contribution in [3.8, 4) is 10.4 Å². The predicted molar refractivity (Wildman–Crippen MR) is 74.9 cm³/mol.